The SMILES string of the molecule is CNC(=O)C(C)NC(=O)C(CC(=O)O)NC(=O)OCC1c2ccccc2-c2ccccc21. The normalized spacial score (nSPS) is 13.8. The van der Waals surface area contributed by atoms with Crippen LogP contribution in [0.5, 0.6) is 0 Å². The third kappa shape index (κ3) is 5.05. The van der Waals surface area contributed by atoms with E-state index in [9.17, 15) is 19.2 Å². The zero-order chi connectivity index (χ0) is 23.3. The fourth-order valence-corrected chi connectivity index (χ4v) is 3.76. The molecule has 2 aromatic rings. The molecule has 32 heavy (non-hydrogen) atoms. The van der Waals surface area contributed by atoms with Gasteiger partial charge in [-0.05, 0) is 29.2 Å². The van der Waals surface area contributed by atoms with E-state index in [-0.39, 0.29) is 12.5 Å². The molecular formula is C23H25N3O6. The van der Waals surface area contributed by atoms with Crippen LogP contribution >= 0.6 is 0 Å². The smallest absolute Gasteiger partial charge is 0.407 e. The van der Waals surface area contributed by atoms with Gasteiger partial charge in [-0.25, -0.2) is 4.79 Å². The van der Waals surface area contributed by atoms with Crippen molar-refractivity contribution >= 4 is 23.9 Å². The Morgan fingerprint density at radius 1 is 0.938 bits per heavy atom. The minimum absolute atomic E-state index is 0.0237. The van der Waals surface area contributed by atoms with E-state index in [1.54, 1.807) is 0 Å². The molecular weight excluding hydrogens is 414 g/mol. The van der Waals surface area contributed by atoms with Crippen molar-refractivity contribution in [3.8, 4) is 11.1 Å². The van der Waals surface area contributed by atoms with Gasteiger partial charge in [-0.15, -0.1) is 0 Å². The van der Waals surface area contributed by atoms with Gasteiger partial charge in [0, 0.05) is 13.0 Å². The second kappa shape index (κ2) is 9.95. The van der Waals surface area contributed by atoms with Crippen LogP contribution in [-0.4, -0.2) is 54.7 Å². The molecule has 0 spiro atoms. The van der Waals surface area contributed by atoms with Crippen molar-refractivity contribution < 1.29 is 29.0 Å². The van der Waals surface area contributed by atoms with Crippen LogP contribution in [0.4, 0.5) is 4.79 Å². The molecule has 2 atom stereocenters. The zero-order valence-corrected chi connectivity index (χ0v) is 17.8. The van der Waals surface area contributed by atoms with E-state index >= 15 is 0 Å². The molecule has 4 N–H and O–H groups in total. The van der Waals surface area contributed by atoms with Crippen LogP contribution in [0.3, 0.4) is 0 Å². The molecule has 3 amide bonds. The van der Waals surface area contributed by atoms with Crippen molar-refractivity contribution in [2.24, 2.45) is 0 Å². The van der Waals surface area contributed by atoms with Gasteiger partial charge in [-0.3, -0.25) is 14.4 Å². The van der Waals surface area contributed by atoms with E-state index in [0.717, 1.165) is 22.3 Å². The van der Waals surface area contributed by atoms with Crippen molar-refractivity contribution in [3.63, 3.8) is 0 Å². The van der Waals surface area contributed by atoms with E-state index in [0.29, 0.717) is 0 Å². The first-order valence-electron chi connectivity index (χ1n) is 10.2. The molecule has 2 aromatic carbocycles. The van der Waals surface area contributed by atoms with Crippen LogP contribution in [0.2, 0.25) is 0 Å². The minimum Gasteiger partial charge on any atom is -0.481 e. The van der Waals surface area contributed by atoms with Gasteiger partial charge >= 0.3 is 12.1 Å². The van der Waals surface area contributed by atoms with E-state index < -0.39 is 42.4 Å². The lowest BCUT2D eigenvalue weighted by Gasteiger charge is -2.20. The van der Waals surface area contributed by atoms with E-state index in [4.69, 9.17) is 9.84 Å². The molecule has 168 valence electrons. The van der Waals surface area contributed by atoms with Gasteiger partial charge < -0.3 is 25.8 Å². The average molecular weight is 439 g/mol. The van der Waals surface area contributed by atoms with Crippen LogP contribution < -0.4 is 16.0 Å². The van der Waals surface area contributed by atoms with E-state index in [2.05, 4.69) is 16.0 Å². The maximum Gasteiger partial charge on any atom is 0.407 e. The number of rotatable bonds is 8. The maximum absolute atomic E-state index is 12.4. The first-order chi connectivity index (χ1) is 15.3. The molecule has 0 saturated heterocycles. The molecule has 0 bridgehead atoms. The highest BCUT2D eigenvalue weighted by molar-refractivity contribution is 5.93. The lowest BCUT2D eigenvalue weighted by atomic mass is 9.98. The number of carbonyl (C=O) groups is 4. The Labute approximate surface area is 185 Å². The van der Waals surface area contributed by atoms with Gasteiger partial charge in [0.1, 0.15) is 18.7 Å². The summed E-state index contributed by atoms with van der Waals surface area (Å²) in [7, 11) is 1.41. The van der Waals surface area contributed by atoms with Gasteiger partial charge in [-0.2, -0.15) is 0 Å². The van der Waals surface area contributed by atoms with Crippen LogP contribution in [-0.2, 0) is 19.1 Å². The third-order valence-corrected chi connectivity index (χ3v) is 5.33. The summed E-state index contributed by atoms with van der Waals surface area (Å²) in [5.41, 5.74) is 4.20. The fraction of sp³-hybridized carbons (Fsp3) is 0.304. The monoisotopic (exact) mass is 439 g/mol. The molecule has 0 aromatic heterocycles. The van der Waals surface area contributed by atoms with Crippen LogP contribution in [0.25, 0.3) is 11.1 Å². The summed E-state index contributed by atoms with van der Waals surface area (Å²) < 4.78 is 5.37. The summed E-state index contributed by atoms with van der Waals surface area (Å²) in [6.45, 7) is 1.47. The topological polar surface area (TPSA) is 134 Å². The van der Waals surface area contributed by atoms with E-state index in [1.165, 1.54) is 14.0 Å². The van der Waals surface area contributed by atoms with Crippen molar-refractivity contribution in [2.75, 3.05) is 13.7 Å². The highest BCUT2D eigenvalue weighted by Gasteiger charge is 2.30. The first kappa shape index (κ1) is 22.8. The largest absolute Gasteiger partial charge is 0.481 e. The number of likely N-dealkylation sites (N-methyl/N-ethyl adjacent to an activating group) is 1. The van der Waals surface area contributed by atoms with Crippen molar-refractivity contribution in [1.29, 1.82) is 0 Å². The quantitative estimate of drug-likeness (QED) is 0.494. The number of carboxylic acids is 1. The van der Waals surface area contributed by atoms with E-state index in [1.807, 2.05) is 48.5 Å². The molecule has 0 heterocycles. The Hall–Kier alpha value is -3.88. The summed E-state index contributed by atoms with van der Waals surface area (Å²) in [4.78, 5) is 47.6. The van der Waals surface area contributed by atoms with Gasteiger partial charge in [0.05, 0.1) is 6.42 Å². The molecule has 0 radical (unpaired) electrons. The lowest BCUT2D eigenvalue weighted by molar-refractivity contribution is -0.140. The Balaban J connectivity index is 1.66. The Kier molecular flexibility index (Phi) is 7.09. The third-order valence-electron chi connectivity index (χ3n) is 5.33. The highest BCUT2D eigenvalue weighted by atomic mass is 16.5. The summed E-state index contributed by atoms with van der Waals surface area (Å²) in [5, 5.41) is 16.2. The molecule has 0 saturated carbocycles. The van der Waals surface area contributed by atoms with Crippen molar-refractivity contribution in [1.82, 2.24) is 16.0 Å². The number of ether oxygens (including phenoxy) is 1. The number of aliphatic carboxylic acids is 1. The Bertz CT molecular complexity index is 992. The van der Waals surface area contributed by atoms with Gasteiger partial charge in [0.2, 0.25) is 11.8 Å². The van der Waals surface area contributed by atoms with Crippen LogP contribution in [0.15, 0.2) is 48.5 Å². The zero-order valence-electron chi connectivity index (χ0n) is 17.8. The number of amides is 3. The molecule has 2 unspecified atom stereocenters. The number of alkyl carbamates (subject to hydrolysis) is 1. The highest BCUT2D eigenvalue weighted by Crippen LogP contribution is 2.44. The first-order valence-corrected chi connectivity index (χ1v) is 10.2. The van der Waals surface area contributed by atoms with Gasteiger partial charge in [0.25, 0.3) is 0 Å². The van der Waals surface area contributed by atoms with Crippen molar-refractivity contribution in [3.05, 3.63) is 59.7 Å². The van der Waals surface area contributed by atoms with Gasteiger partial charge in [-0.1, -0.05) is 48.5 Å². The Morgan fingerprint density at radius 2 is 1.50 bits per heavy atom. The van der Waals surface area contributed by atoms with Gasteiger partial charge in [0.15, 0.2) is 0 Å². The number of fused-ring (bicyclic) bond motifs is 3. The molecule has 3 rings (SSSR count). The maximum atomic E-state index is 12.4. The predicted octanol–water partition coefficient (Wildman–Crippen LogP) is 1.62. The van der Waals surface area contributed by atoms with Crippen LogP contribution in [0.1, 0.15) is 30.4 Å². The molecule has 1 aliphatic rings. The molecule has 1 aliphatic carbocycles. The number of benzene rings is 2. The summed E-state index contributed by atoms with van der Waals surface area (Å²) in [6, 6.07) is 13.4. The molecule has 0 aliphatic heterocycles. The van der Waals surface area contributed by atoms with Crippen LogP contribution in [0, 0.1) is 0 Å². The summed E-state index contributed by atoms with van der Waals surface area (Å²) in [5.74, 6) is -2.70. The summed E-state index contributed by atoms with van der Waals surface area (Å²) in [6.07, 6.45) is -1.57. The average Bonchev–Trinajstić information content (AvgIpc) is 3.10. The fourth-order valence-electron chi connectivity index (χ4n) is 3.76. The van der Waals surface area contributed by atoms with Crippen molar-refractivity contribution in [2.45, 2.75) is 31.3 Å². The molecule has 0 fully saturated rings. The minimum atomic E-state index is -1.39. The standard InChI is InChI=1S/C23H25N3O6/c1-13(21(29)24-2)25-22(30)19(11-20(27)28)26-23(31)32-12-18-16-9-5-3-7-14(16)15-8-4-6-10-17(15)18/h3-10,13,18-19H,11-12H2,1-2H3,(H,24,29)(H,25,30)(H,26,31)(H,27,28). The number of hydrogen-bond acceptors (Lipinski definition) is 5. The second-order valence-corrected chi connectivity index (χ2v) is 7.46. The number of hydrogen-bond donors (Lipinski definition) is 4. The second-order valence-electron chi connectivity index (χ2n) is 7.46. The number of carbonyl (C=O) groups excluding carboxylic acids is 3. The summed E-state index contributed by atoms with van der Waals surface area (Å²) >= 11 is 0. The Morgan fingerprint density at radius 3 is 2.03 bits per heavy atom. The molecule has 9 heteroatoms. The predicted molar refractivity (Wildman–Crippen MR) is 116 cm³/mol. The number of carboxylic acid groups (broad SMARTS) is 1. The lowest BCUT2D eigenvalue weighted by Crippen LogP contribution is -2.53. The molecule has 9 nitrogen and oxygen atoms in total. The number of nitrogens with one attached hydrogen (secondary N) is 3.